The van der Waals surface area contributed by atoms with Crippen LogP contribution in [0.15, 0.2) is 12.4 Å². The highest BCUT2D eigenvalue weighted by Gasteiger charge is 2.58. The van der Waals surface area contributed by atoms with Gasteiger partial charge in [-0.15, -0.1) is 0 Å². The molecule has 4 fully saturated rings. The third-order valence-corrected chi connectivity index (χ3v) is 9.69. The number of Topliss-reactive ketones (excluding diaryl/α,β-unsaturated/α-hetero) is 1. The molecule has 0 N–H and O–H groups in total. The maximum atomic E-state index is 13.3. The van der Waals surface area contributed by atoms with Crippen LogP contribution in [0, 0.1) is 58.2 Å². The molecule has 1 unspecified atom stereocenters. The molecule has 0 bridgehead atoms. The Bertz CT molecular complexity index is 822. The average molecular weight is 394 g/mol. The lowest BCUT2D eigenvalue weighted by Crippen LogP contribution is -2.49. The Balaban J connectivity index is 1.31. The summed E-state index contributed by atoms with van der Waals surface area (Å²) in [5, 5.41) is 13.2. The number of fused-ring (bicyclic) bond motifs is 5. The minimum Gasteiger partial charge on any atom is -0.297 e. The van der Waals surface area contributed by atoms with Crippen LogP contribution >= 0.6 is 0 Å². The standard InChI is InChI=1S/C25H35N3O/c1-16-3-5-19-18(11-16)4-6-21-20(19)9-10-25(2)22(21)7-8-23(25)24(29)15-28-14-17(12-26)13-27-28/h13-14,16,18-23H,3-11,15H2,1-2H3/t16?,18-,19+,20-,21-,22+,23-,25+/m1/s1. The fourth-order valence-electron chi connectivity index (χ4n) is 8.39. The van der Waals surface area contributed by atoms with E-state index in [1.54, 1.807) is 17.1 Å². The second-order valence-corrected chi connectivity index (χ2v) is 11.0. The number of ketones is 1. The van der Waals surface area contributed by atoms with E-state index in [9.17, 15) is 4.79 Å². The summed E-state index contributed by atoms with van der Waals surface area (Å²) in [6.07, 6.45) is 15.3. The first-order valence-electron chi connectivity index (χ1n) is 11.9. The third kappa shape index (κ3) is 3.16. The smallest absolute Gasteiger partial charge is 0.157 e. The van der Waals surface area contributed by atoms with Crippen LogP contribution in [0.4, 0.5) is 0 Å². The van der Waals surface area contributed by atoms with Gasteiger partial charge in [-0.1, -0.05) is 20.3 Å². The quantitative estimate of drug-likeness (QED) is 0.706. The largest absolute Gasteiger partial charge is 0.297 e. The van der Waals surface area contributed by atoms with Gasteiger partial charge in [-0.05, 0) is 92.3 Å². The molecular weight excluding hydrogens is 358 g/mol. The molecule has 0 saturated heterocycles. The Labute approximate surface area is 175 Å². The molecule has 1 heterocycles. The number of rotatable bonds is 3. The zero-order valence-corrected chi connectivity index (χ0v) is 18.0. The van der Waals surface area contributed by atoms with Crippen molar-refractivity contribution in [1.29, 1.82) is 5.26 Å². The van der Waals surface area contributed by atoms with Gasteiger partial charge in [0.05, 0.1) is 18.3 Å². The van der Waals surface area contributed by atoms with Crippen molar-refractivity contribution in [3.63, 3.8) is 0 Å². The van der Waals surface area contributed by atoms with E-state index < -0.39 is 0 Å². The second-order valence-electron chi connectivity index (χ2n) is 11.0. The number of carbonyl (C=O) groups is 1. The molecule has 4 saturated carbocycles. The summed E-state index contributed by atoms with van der Waals surface area (Å²) in [4.78, 5) is 13.3. The first kappa shape index (κ1) is 19.3. The second kappa shape index (κ2) is 7.25. The third-order valence-electron chi connectivity index (χ3n) is 9.69. The molecular formula is C25H35N3O. The molecule has 4 heteroatoms. The van der Waals surface area contributed by atoms with E-state index in [-0.39, 0.29) is 11.3 Å². The Morgan fingerprint density at radius 2 is 2.00 bits per heavy atom. The van der Waals surface area contributed by atoms with Crippen molar-refractivity contribution in [3.8, 4) is 6.07 Å². The molecule has 4 nitrogen and oxygen atoms in total. The molecule has 0 radical (unpaired) electrons. The molecule has 0 aromatic carbocycles. The normalized spacial score (nSPS) is 43.7. The van der Waals surface area contributed by atoms with Crippen LogP contribution in [0.3, 0.4) is 0 Å². The minimum absolute atomic E-state index is 0.173. The van der Waals surface area contributed by atoms with Crippen molar-refractivity contribution in [1.82, 2.24) is 9.78 Å². The van der Waals surface area contributed by atoms with Crippen molar-refractivity contribution in [2.24, 2.45) is 46.8 Å². The van der Waals surface area contributed by atoms with E-state index in [4.69, 9.17) is 5.26 Å². The van der Waals surface area contributed by atoms with E-state index in [2.05, 4.69) is 25.0 Å². The van der Waals surface area contributed by atoms with E-state index >= 15 is 0 Å². The molecule has 0 amide bonds. The van der Waals surface area contributed by atoms with E-state index in [1.807, 2.05) is 0 Å². The van der Waals surface area contributed by atoms with Crippen molar-refractivity contribution in [2.45, 2.75) is 78.2 Å². The average Bonchev–Trinajstić information content (AvgIpc) is 3.30. The first-order valence-corrected chi connectivity index (χ1v) is 11.9. The fourth-order valence-corrected chi connectivity index (χ4v) is 8.39. The highest BCUT2D eigenvalue weighted by Crippen LogP contribution is 2.64. The van der Waals surface area contributed by atoms with Gasteiger partial charge >= 0.3 is 0 Å². The van der Waals surface area contributed by atoms with E-state index in [1.165, 1.54) is 51.4 Å². The van der Waals surface area contributed by atoms with Crippen molar-refractivity contribution in [3.05, 3.63) is 18.0 Å². The summed E-state index contributed by atoms with van der Waals surface area (Å²) in [6.45, 7) is 5.21. The number of hydrogen-bond acceptors (Lipinski definition) is 3. The van der Waals surface area contributed by atoms with Gasteiger partial charge in [-0.25, -0.2) is 0 Å². The lowest BCUT2D eigenvalue weighted by Gasteiger charge is -2.56. The highest BCUT2D eigenvalue weighted by molar-refractivity contribution is 5.82. The van der Waals surface area contributed by atoms with Crippen molar-refractivity contribution < 1.29 is 4.79 Å². The van der Waals surface area contributed by atoms with E-state index in [0.29, 0.717) is 17.9 Å². The summed E-state index contributed by atoms with van der Waals surface area (Å²) < 4.78 is 1.66. The molecule has 0 spiro atoms. The van der Waals surface area contributed by atoms with Crippen LogP contribution < -0.4 is 0 Å². The van der Waals surface area contributed by atoms with Gasteiger partial charge in [0.15, 0.2) is 5.78 Å². The zero-order valence-electron chi connectivity index (χ0n) is 18.0. The predicted octanol–water partition coefficient (Wildman–Crippen LogP) is 5.23. The molecule has 29 heavy (non-hydrogen) atoms. The molecule has 4 aliphatic carbocycles. The molecule has 0 aliphatic heterocycles. The summed E-state index contributed by atoms with van der Waals surface area (Å²) >= 11 is 0. The number of aromatic nitrogens is 2. The molecule has 1 aromatic heterocycles. The SMILES string of the molecule is CC1CC[C@H]2[C@H](CC[C@@H]3[C@@H]2CC[C@]2(C)[C@@H](C(=O)Cn4cc(C#N)cn4)CC[C@@H]32)C1. The van der Waals surface area contributed by atoms with Gasteiger partial charge in [0, 0.05) is 12.1 Å². The van der Waals surface area contributed by atoms with E-state index in [0.717, 1.165) is 41.9 Å². The lowest BCUT2D eigenvalue weighted by molar-refractivity contribution is -0.131. The molecule has 5 rings (SSSR count). The molecule has 4 aliphatic rings. The van der Waals surface area contributed by atoms with Gasteiger partial charge in [-0.2, -0.15) is 10.4 Å². The van der Waals surface area contributed by atoms with Crippen LogP contribution in [-0.2, 0) is 11.3 Å². The van der Waals surface area contributed by atoms with Gasteiger partial charge in [0.25, 0.3) is 0 Å². The topological polar surface area (TPSA) is 58.7 Å². The van der Waals surface area contributed by atoms with Crippen LogP contribution in [0.5, 0.6) is 0 Å². The van der Waals surface area contributed by atoms with Crippen LogP contribution in [0.1, 0.15) is 77.2 Å². The fraction of sp³-hybridized carbons (Fsp3) is 0.800. The Morgan fingerprint density at radius 1 is 1.17 bits per heavy atom. The summed E-state index contributed by atoms with van der Waals surface area (Å²) in [5.41, 5.74) is 0.713. The lowest BCUT2D eigenvalue weighted by atomic mass is 9.49. The molecule has 8 atom stereocenters. The first-order chi connectivity index (χ1) is 14.0. The monoisotopic (exact) mass is 393 g/mol. The maximum absolute atomic E-state index is 13.3. The molecule has 156 valence electrons. The molecule has 1 aromatic rings. The van der Waals surface area contributed by atoms with Crippen LogP contribution in [-0.4, -0.2) is 15.6 Å². The van der Waals surface area contributed by atoms with Crippen molar-refractivity contribution in [2.75, 3.05) is 0 Å². The van der Waals surface area contributed by atoms with Crippen LogP contribution in [0.2, 0.25) is 0 Å². The van der Waals surface area contributed by atoms with Gasteiger partial charge in [0.1, 0.15) is 6.07 Å². The zero-order chi connectivity index (χ0) is 20.2. The number of hydrogen-bond donors (Lipinski definition) is 0. The Hall–Kier alpha value is -1.63. The summed E-state index contributed by atoms with van der Waals surface area (Å²) in [6, 6.07) is 2.10. The maximum Gasteiger partial charge on any atom is 0.157 e. The van der Waals surface area contributed by atoms with Gasteiger partial charge in [0.2, 0.25) is 0 Å². The Kier molecular flexibility index (Phi) is 4.84. The highest BCUT2D eigenvalue weighted by atomic mass is 16.1. The Morgan fingerprint density at radius 3 is 2.79 bits per heavy atom. The van der Waals surface area contributed by atoms with Gasteiger partial charge < -0.3 is 0 Å². The van der Waals surface area contributed by atoms with Gasteiger partial charge in [-0.3, -0.25) is 9.48 Å². The number of carbonyl (C=O) groups excluding carboxylic acids is 1. The summed E-state index contributed by atoms with van der Waals surface area (Å²) in [5.74, 6) is 5.92. The van der Waals surface area contributed by atoms with Crippen molar-refractivity contribution >= 4 is 5.78 Å². The predicted molar refractivity (Wildman–Crippen MR) is 112 cm³/mol. The number of nitriles is 1. The summed E-state index contributed by atoms with van der Waals surface area (Å²) in [7, 11) is 0. The number of nitrogens with zero attached hydrogens (tertiary/aromatic N) is 3. The van der Waals surface area contributed by atoms with Crippen LogP contribution in [0.25, 0.3) is 0 Å². The minimum atomic E-state index is 0.173.